The first-order valence-electron chi connectivity index (χ1n) is 5.70. The fourth-order valence-electron chi connectivity index (χ4n) is 1.54. The Morgan fingerprint density at radius 2 is 1.79 bits per heavy atom. The van der Waals surface area contributed by atoms with Crippen LogP contribution in [0, 0.1) is 0 Å². The van der Waals surface area contributed by atoms with Crippen LogP contribution in [0.15, 0.2) is 35.4 Å². The summed E-state index contributed by atoms with van der Waals surface area (Å²) in [6, 6.07) is 6.85. The minimum Gasteiger partial charge on any atom is -0.261 e. The fraction of sp³-hybridized carbons (Fsp3) is 0.333. The fourth-order valence-corrected chi connectivity index (χ4v) is 2.96. The van der Waals surface area contributed by atoms with Gasteiger partial charge in [0.1, 0.15) is 0 Å². The molecule has 0 saturated heterocycles. The van der Waals surface area contributed by atoms with Crippen LogP contribution in [0.3, 0.4) is 0 Å². The quantitative estimate of drug-likeness (QED) is 0.945. The number of nitrogens with one attached hydrogen (secondary N) is 1. The van der Waals surface area contributed by atoms with Crippen molar-refractivity contribution in [2.24, 2.45) is 0 Å². The average molecular weight is 297 g/mol. The number of nitrogens with zero attached hydrogens (tertiary/aromatic N) is 2. The molecule has 1 heterocycles. The van der Waals surface area contributed by atoms with Crippen molar-refractivity contribution in [2.45, 2.75) is 31.1 Å². The molecule has 2 rings (SSSR count). The summed E-state index contributed by atoms with van der Waals surface area (Å²) in [6.45, 7) is 6.24. The van der Waals surface area contributed by atoms with Crippen LogP contribution in [-0.2, 0) is 15.4 Å². The first kappa shape index (κ1) is 14.0. The van der Waals surface area contributed by atoms with Gasteiger partial charge in [0.15, 0.2) is 5.82 Å². The molecular formula is C12H15N3O2S2. The highest BCUT2D eigenvalue weighted by Gasteiger charge is 2.18. The van der Waals surface area contributed by atoms with Crippen LogP contribution in [0.25, 0.3) is 0 Å². The lowest BCUT2D eigenvalue weighted by Crippen LogP contribution is -2.15. The lowest BCUT2D eigenvalue weighted by molar-refractivity contribution is 0.587. The first-order valence-corrected chi connectivity index (χ1v) is 7.91. The Hall–Kier alpha value is -1.47. The molecule has 0 spiro atoms. The standard InChI is InChI=1S/C12H15N3O2S2/c1-12(2,3)9-4-6-10(7-5-9)19(16,17)15-11-8-13-18-14-11/h4-8H,1-3H3,(H,14,15). The molecule has 5 nitrogen and oxygen atoms in total. The predicted molar refractivity (Wildman–Crippen MR) is 75.9 cm³/mol. The number of hydrogen-bond acceptors (Lipinski definition) is 5. The van der Waals surface area contributed by atoms with Gasteiger partial charge in [-0.3, -0.25) is 4.72 Å². The Balaban J connectivity index is 2.27. The third-order valence-electron chi connectivity index (χ3n) is 2.63. The maximum atomic E-state index is 12.1. The van der Waals surface area contributed by atoms with Crippen LogP contribution >= 0.6 is 11.7 Å². The maximum Gasteiger partial charge on any atom is 0.263 e. The zero-order chi connectivity index (χ0) is 14.1. The monoisotopic (exact) mass is 297 g/mol. The van der Waals surface area contributed by atoms with E-state index < -0.39 is 10.0 Å². The molecule has 1 aromatic carbocycles. The van der Waals surface area contributed by atoms with Gasteiger partial charge in [-0.25, -0.2) is 8.42 Å². The minimum atomic E-state index is -3.59. The summed E-state index contributed by atoms with van der Waals surface area (Å²) in [5.74, 6) is 0.241. The average Bonchev–Trinajstić information content (AvgIpc) is 2.80. The Bertz CT molecular complexity index is 641. The van der Waals surface area contributed by atoms with Gasteiger partial charge < -0.3 is 0 Å². The van der Waals surface area contributed by atoms with Crippen molar-refractivity contribution >= 4 is 27.6 Å². The van der Waals surface area contributed by atoms with Crippen molar-refractivity contribution in [1.82, 2.24) is 8.75 Å². The van der Waals surface area contributed by atoms with E-state index in [1.54, 1.807) is 12.1 Å². The topological polar surface area (TPSA) is 72.0 Å². The molecule has 0 amide bonds. The van der Waals surface area contributed by atoms with E-state index in [1.807, 2.05) is 12.1 Å². The van der Waals surface area contributed by atoms with E-state index >= 15 is 0 Å². The van der Waals surface area contributed by atoms with E-state index in [0.717, 1.165) is 17.3 Å². The molecule has 0 saturated carbocycles. The summed E-state index contributed by atoms with van der Waals surface area (Å²) in [7, 11) is -3.59. The van der Waals surface area contributed by atoms with Crippen molar-refractivity contribution in [3.8, 4) is 0 Å². The summed E-state index contributed by atoms with van der Waals surface area (Å²) in [5, 5.41) is 0. The minimum absolute atomic E-state index is 0.00540. The molecule has 2 aromatic rings. The molecule has 1 aromatic heterocycles. The highest BCUT2D eigenvalue weighted by atomic mass is 32.2. The maximum absolute atomic E-state index is 12.1. The summed E-state index contributed by atoms with van der Waals surface area (Å²) >= 11 is 0.954. The van der Waals surface area contributed by atoms with Crippen molar-refractivity contribution in [3.05, 3.63) is 36.0 Å². The van der Waals surface area contributed by atoms with Crippen molar-refractivity contribution in [2.75, 3.05) is 4.72 Å². The van der Waals surface area contributed by atoms with Crippen LogP contribution in [-0.4, -0.2) is 17.2 Å². The number of benzene rings is 1. The van der Waals surface area contributed by atoms with E-state index in [-0.39, 0.29) is 16.1 Å². The molecular weight excluding hydrogens is 282 g/mol. The second-order valence-corrected chi connectivity index (χ2v) is 7.41. The SMILES string of the molecule is CC(C)(C)c1ccc(S(=O)(=O)Nc2cnsn2)cc1. The molecule has 0 aliphatic heterocycles. The van der Waals surface area contributed by atoms with E-state index in [4.69, 9.17) is 0 Å². The number of anilines is 1. The van der Waals surface area contributed by atoms with Crippen LogP contribution in [0.2, 0.25) is 0 Å². The van der Waals surface area contributed by atoms with Crippen molar-refractivity contribution in [3.63, 3.8) is 0 Å². The summed E-state index contributed by atoms with van der Waals surface area (Å²) < 4.78 is 34.1. The van der Waals surface area contributed by atoms with Crippen LogP contribution < -0.4 is 4.72 Å². The predicted octanol–water partition coefficient (Wildman–Crippen LogP) is 2.64. The lowest BCUT2D eigenvalue weighted by Gasteiger charge is -2.19. The van der Waals surface area contributed by atoms with E-state index in [2.05, 4.69) is 34.2 Å². The second kappa shape index (κ2) is 4.90. The summed E-state index contributed by atoms with van der Waals surface area (Å²) in [6.07, 6.45) is 1.38. The molecule has 0 aliphatic carbocycles. The van der Waals surface area contributed by atoms with E-state index in [1.165, 1.54) is 6.20 Å². The summed E-state index contributed by atoms with van der Waals surface area (Å²) in [4.78, 5) is 0.216. The van der Waals surface area contributed by atoms with Crippen molar-refractivity contribution in [1.29, 1.82) is 0 Å². The number of rotatable bonds is 3. The molecule has 7 heteroatoms. The van der Waals surface area contributed by atoms with Gasteiger partial charge in [0.25, 0.3) is 10.0 Å². The van der Waals surface area contributed by atoms with Gasteiger partial charge in [-0.2, -0.15) is 8.75 Å². The second-order valence-electron chi connectivity index (χ2n) is 5.17. The summed E-state index contributed by atoms with van der Waals surface area (Å²) in [5.41, 5.74) is 1.08. The first-order chi connectivity index (χ1) is 8.79. The number of sulfonamides is 1. The molecule has 0 aliphatic rings. The number of hydrogen-bond donors (Lipinski definition) is 1. The van der Waals surface area contributed by atoms with Crippen LogP contribution in [0.4, 0.5) is 5.82 Å². The van der Waals surface area contributed by atoms with Gasteiger partial charge in [0.05, 0.1) is 22.8 Å². The van der Waals surface area contributed by atoms with E-state index in [9.17, 15) is 8.42 Å². The van der Waals surface area contributed by atoms with Gasteiger partial charge in [-0.05, 0) is 23.1 Å². The van der Waals surface area contributed by atoms with Gasteiger partial charge in [-0.1, -0.05) is 32.9 Å². The molecule has 102 valence electrons. The Labute approximate surface area is 117 Å². The van der Waals surface area contributed by atoms with E-state index in [0.29, 0.717) is 0 Å². The molecule has 0 fully saturated rings. The van der Waals surface area contributed by atoms with Crippen LogP contribution in [0.1, 0.15) is 26.3 Å². The molecule has 0 radical (unpaired) electrons. The normalized spacial score (nSPS) is 12.4. The van der Waals surface area contributed by atoms with Gasteiger partial charge in [0.2, 0.25) is 0 Å². The smallest absolute Gasteiger partial charge is 0.261 e. The lowest BCUT2D eigenvalue weighted by atomic mass is 9.87. The molecule has 1 N–H and O–H groups in total. The highest BCUT2D eigenvalue weighted by Crippen LogP contribution is 2.24. The van der Waals surface area contributed by atoms with Crippen LogP contribution in [0.5, 0.6) is 0 Å². The van der Waals surface area contributed by atoms with Crippen molar-refractivity contribution < 1.29 is 8.42 Å². The largest absolute Gasteiger partial charge is 0.263 e. The zero-order valence-corrected chi connectivity index (χ0v) is 12.5. The highest BCUT2D eigenvalue weighted by molar-refractivity contribution is 7.92. The Kier molecular flexibility index (Phi) is 3.60. The third kappa shape index (κ3) is 3.30. The Morgan fingerprint density at radius 3 is 2.26 bits per heavy atom. The molecule has 0 atom stereocenters. The molecule has 19 heavy (non-hydrogen) atoms. The van der Waals surface area contributed by atoms with Gasteiger partial charge in [-0.15, -0.1) is 0 Å². The third-order valence-corrected chi connectivity index (χ3v) is 4.48. The molecule has 0 bridgehead atoms. The van der Waals surface area contributed by atoms with Gasteiger partial charge >= 0.3 is 0 Å². The molecule has 0 unspecified atom stereocenters. The zero-order valence-electron chi connectivity index (χ0n) is 10.9. The number of aromatic nitrogens is 2. The van der Waals surface area contributed by atoms with Gasteiger partial charge in [0, 0.05) is 0 Å². The Morgan fingerprint density at radius 1 is 1.16 bits per heavy atom.